The number of carbonyl (C=O) groups excluding carboxylic acids is 4. The van der Waals surface area contributed by atoms with Crippen molar-refractivity contribution in [3.05, 3.63) is 75.6 Å². The van der Waals surface area contributed by atoms with Crippen molar-refractivity contribution in [3.63, 3.8) is 0 Å². The molecule has 19 nitrogen and oxygen atoms in total. The Kier molecular flexibility index (Phi) is 16.2. The van der Waals surface area contributed by atoms with Gasteiger partial charge in [-0.3, -0.25) is 9.59 Å². The maximum atomic E-state index is 15.4. The molecule has 0 aromatic heterocycles. The van der Waals surface area contributed by atoms with Crippen LogP contribution in [0.2, 0.25) is 5.02 Å². The summed E-state index contributed by atoms with van der Waals surface area (Å²) in [5, 5.41) is 102. The molecule has 76 heavy (non-hydrogen) atoms. The van der Waals surface area contributed by atoms with E-state index in [0.29, 0.717) is 12.0 Å². The zero-order valence-corrected chi connectivity index (χ0v) is 45.3. The van der Waals surface area contributed by atoms with Gasteiger partial charge in [-0.25, -0.2) is 9.59 Å². The van der Waals surface area contributed by atoms with Gasteiger partial charge in [0.15, 0.2) is 30.1 Å². The van der Waals surface area contributed by atoms with Gasteiger partial charge in [0.1, 0.15) is 58.8 Å². The van der Waals surface area contributed by atoms with Gasteiger partial charge in [-0.2, -0.15) is 0 Å². The molecule has 20 heteroatoms. The van der Waals surface area contributed by atoms with Crippen molar-refractivity contribution in [3.8, 4) is 5.75 Å². The average Bonchev–Trinajstić information content (AvgIpc) is 3.76. The van der Waals surface area contributed by atoms with Crippen LogP contribution < -0.4 is 0 Å². The molecule has 0 amide bonds. The van der Waals surface area contributed by atoms with Crippen molar-refractivity contribution in [1.29, 1.82) is 0 Å². The van der Waals surface area contributed by atoms with E-state index in [1.807, 2.05) is 52.0 Å². The number of Topliss-reactive ketones (excluding diaryl/α,β-unsaturated/α-hetero) is 2. The largest absolute Gasteiger partial charge is 0.511 e. The Hall–Kier alpha value is -4.09. The average molecular weight is 1090 g/mol. The first-order chi connectivity index (χ1) is 35.5. The molecule has 3 saturated heterocycles. The second-order valence-electron chi connectivity index (χ2n) is 23.4. The number of esters is 2. The van der Waals surface area contributed by atoms with Crippen LogP contribution in [0.5, 0.6) is 5.75 Å². The number of aromatic hydroxyl groups is 1. The number of fused-ring (bicyclic) bond motifs is 4. The van der Waals surface area contributed by atoms with Crippen molar-refractivity contribution in [1.82, 2.24) is 0 Å². The summed E-state index contributed by atoms with van der Waals surface area (Å²) < 4.78 is 36.7. The summed E-state index contributed by atoms with van der Waals surface area (Å²) in [4.78, 5) is 55.5. The predicted octanol–water partition coefficient (Wildman–Crippen LogP) is 3.99. The van der Waals surface area contributed by atoms with E-state index in [4.69, 9.17) is 40.0 Å². The SMILES string of the molecule is CC(=O)[C@](C)(O)[C@@H](O)C[C@@H]1C[C@]23OC(=O)C(=C(O)[C@]4(C)C(C=C[C@@H]5[C@@H](O[C@@H]6O[C@H](C)[C@@H](O)[C@H](O[C@@H]7O[C@H](C)[C@@H](OC(=O)c8c(O)ccc(Cl)c8C)[C@H](O)[C@H]7O)[C@H]6O)[C@H](C)C[C@H](C)[C@H]54)[C@H](C)C=CC[C@]2(C)C=C1CO)C3=O. The lowest BCUT2D eigenvalue weighted by Gasteiger charge is -2.57. The van der Waals surface area contributed by atoms with E-state index in [0.717, 1.165) is 6.92 Å². The third kappa shape index (κ3) is 9.50. The van der Waals surface area contributed by atoms with E-state index in [9.17, 15) is 60.3 Å². The third-order valence-corrected chi connectivity index (χ3v) is 18.9. The second kappa shape index (κ2) is 21.2. The molecule has 420 valence electrons. The number of phenols is 1. The number of carbonyl (C=O) groups is 4. The number of benzene rings is 1. The summed E-state index contributed by atoms with van der Waals surface area (Å²) >= 11 is 6.18. The molecule has 2 bridgehead atoms. The maximum absolute atomic E-state index is 15.4. The van der Waals surface area contributed by atoms with E-state index < -0.39 is 167 Å². The Labute approximate surface area is 447 Å². The summed E-state index contributed by atoms with van der Waals surface area (Å²) in [7, 11) is 0. The molecule has 4 aliphatic carbocycles. The van der Waals surface area contributed by atoms with Crippen LogP contribution in [-0.2, 0) is 42.8 Å². The number of phenolic OH excluding ortho intramolecular Hbond substituents is 1. The van der Waals surface area contributed by atoms with Gasteiger partial charge in [0, 0.05) is 28.2 Å². The fourth-order valence-electron chi connectivity index (χ4n) is 13.9. The van der Waals surface area contributed by atoms with Crippen molar-refractivity contribution in [2.75, 3.05) is 6.61 Å². The number of hydrogen-bond acceptors (Lipinski definition) is 19. The van der Waals surface area contributed by atoms with E-state index in [1.54, 1.807) is 13.0 Å². The van der Waals surface area contributed by atoms with Crippen molar-refractivity contribution in [2.24, 2.45) is 52.3 Å². The number of halogens is 1. The highest BCUT2D eigenvalue weighted by Gasteiger charge is 2.68. The number of ketones is 2. The Morgan fingerprint density at radius 1 is 0.882 bits per heavy atom. The molecule has 1 unspecified atom stereocenters. The van der Waals surface area contributed by atoms with Crippen LogP contribution in [0.15, 0.2) is 59.4 Å². The zero-order chi connectivity index (χ0) is 56.0. The van der Waals surface area contributed by atoms with Crippen LogP contribution in [0.4, 0.5) is 0 Å². The Morgan fingerprint density at radius 2 is 1.53 bits per heavy atom. The molecule has 1 aromatic carbocycles. The molecule has 1 spiro atoms. The van der Waals surface area contributed by atoms with Gasteiger partial charge in [0.2, 0.25) is 5.78 Å². The molecule has 4 fully saturated rings. The van der Waals surface area contributed by atoms with Crippen molar-refractivity contribution >= 4 is 35.1 Å². The lowest BCUT2D eigenvalue weighted by Crippen LogP contribution is -2.64. The standard InChI is InChI=1S/C56H75ClO19/c1-23-12-11-17-53(8)20-31(22-58)30(19-36(61)55(10,70)29(7)59)21-56(53)48(67)38(50(69)76-56)47(66)54(9)33(23)14-13-32-39(54)24(2)18-25(3)44(32)74-52-43(65)46(40(62)27(5)71-52)75-51-42(64)41(63)45(28(6)72-51)73-49(68)37-26(4)34(57)15-16-35(37)60/h11-16,20,23-25,27-28,30,32-33,36,39-46,51-52,58,60-66,70H,17-19,21-22H2,1-10H3/t23-,24+,25-,27-,28-,30-,32+,33?,36+,39-,40-,41-,42-,43-,44+,45-,46+,51+,52+,53-,54-,55+,56-/m1/s1. The van der Waals surface area contributed by atoms with E-state index >= 15 is 4.79 Å². The lowest BCUT2D eigenvalue weighted by atomic mass is 9.49. The first kappa shape index (κ1) is 58.1. The Bertz CT molecular complexity index is 2580. The number of ether oxygens (including phenoxy) is 6. The van der Waals surface area contributed by atoms with Crippen LogP contribution in [0.1, 0.15) is 104 Å². The molecule has 1 aromatic rings. The number of aliphatic hydroxyl groups excluding tert-OH is 7. The topological polar surface area (TPSA) is 306 Å². The van der Waals surface area contributed by atoms with Crippen molar-refractivity contribution < 1.29 is 93.6 Å². The Balaban J connectivity index is 1.07. The summed E-state index contributed by atoms with van der Waals surface area (Å²) in [6.45, 7) is 15.9. The highest BCUT2D eigenvalue weighted by molar-refractivity contribution is 6.32. The molecule has 23 atom stereocenters. The quantitative estimate of drug-likeness (QED) is 0.0860. The molecular formula is C56H75ClO19. The maximum Gasteiger partial charge on any atom is 0.346 e. The van der Waals surface area contributed by atoms with Crippen molar-refractivity contribution in [2.45, 2.75) is 180 Å². The van der Waals surface area contributed by atoms with Crippen LogP contribution in [0, 0.1) is 59.2 Å². The zero-order valence-electron chi connectivity index (χ0n) is 44.5. The summed E-state index contributed by atoms with van der Waals surface area (Å²) in [5.74, 6) is -7.49. The van der Waals surface area contributed by atoms with Gasteiger partial charge >= 0.3 is 11.9 Å². The highest BCUT2D eigenvalue weighted by Crippen LogP contribution is 2.62. The van der Waals surface area contributed by atoms with Gasteiger partial charge in [0.25, 0.3) is 0 Å². The predicted molar refractivity (Wildman–Crippen MR) is 270 cm³/mol. The number of hydrogen-bond donors (Lipinski definition) is 9. The van der Waals surface area contributed by atoms with E-state index in [1.165, 1.54) is 39.8 Å². The monoisotopic (exact) mass is 1090 g/mol. The normalized spacial score (nSPS) is 43.6. The first-order valence-corrected chi connectivity index (χ1v) is 26.7. The molecule has 3 heterocycles. The summed E-state index contributed by atoms with van der Waals surface area (Å²) in [6, 6.07) is 2.61. The molecule has 3 aliphatic heterocycles. The Morgan fingerprint density at radius 3 is 2.18 bits per heavy atom. The smallest absolute Gasteiger partial charge is 0.346 e. The number of allylic oxidation sites excluding steroid dienone is 4. The van der Waals surface area contributed by atoms with Gasteiger partial charge in [0.05, 0.1) is 31.0 Å². The molecule has 9 N–H and O–H groups in total. The molecular weight excluding hydrogens is 1010 g/mol. The second-order valence-corrected chi connectivity index (χ2v) is 23.8. The fraction of sp³-hybridized carbons (Fsp3) is 0.679. The first-order valence-electron chi connectivity index (χ1n) is 26.3. The van der Waals surface area contributed by atoms with Gasteiger partial charge in [-0.15, -0.1) is 0 Å². The van der Waals surface area contributed by atoms with E-state index in [2.05, 4.69) is 0 Å². The molecule has 7 aliphatic rings. The fourth-order valence-corrected chi connectivity index (χ4v) is 14.0. The highest BCUT2D eigenvalue weighted by atomic mass is 35.5. The van der Waals surface area contributed by atoms with Gasteiger partial charge in [-0.05, 0) is 113 Å². The van der Waals surface area contributed by atoms with Crippen LogP contribution in [-0.4, -0.2) is 161 Å². The third-order valence-electron chi connectivity index (χ3n) is 18.5. The minimum absolute atomic E-state index is 0.173. The van der Waals surface area contributed by atoms with E-state index in [-0.39, 0.29) is 53.2 Å². The van der Waals surface area contributed by atoms with Gasteiger partial charge < -0.3 is 74.4 Å². The van der Waals surface area contributed by atoms with Crippen LogP contribution in [0.3, 0.4) is 0 Å². The molecule has 8 rings (SSSR count). The minimum atomic E-state index is -2.15. The molecule has 0 radical (unpaired) electrons. The summed E-state index contributed by atoms with van der Waals surface area (Å²) in [5.41, 5.74) is -6.78. The van der Waals surface area contributed by atoms with Crippen LogP contribution in [0.25, 0.3) is 0 Å². The number of rotatable bonds is 11. The minimum Gasteiger partial charge on any atom is -0.511 e. The molecule has 1 saturated carbocycles. The summed E-state index contributed by atoms with van der Waals surface area (Å²) in [6.07, 6.45) is -7.83. The lowest BCUT2D eigenvalue weighted by molar-refractivity contribution is -0.361. The van der Waals surface area contributed by atoms with Crippen LogP contribution >= 0.6 is 11.6 Å². The number of aliphatic hydroxyl groups is 8. The van der Waals surface area contributed by atoms with Gasteiger partial charge in [-0.1, -0.05) is 76.6 Å².